The minimum absolute atomic E-state index is 0.237. The standard InChI is InChI=1S/C17H31NOS/c1-14-2-4-15(5-3-14)6-9-18-16-7-10-19-17(12-16)8-11-20-13-17/h14-16,18H,2-13H2,1H3. The Morgan fingerprint density at radius 1 is 1.20 bits per heavy atom. The van der Waals surface area contributed by atoms with E-state index in [0.29, 0.717) is 6.04 Å². The molecule has 116 valence electrons. The summed E-state index contributed by atoms with van der Waals surface area (Å²) in [6.45, 7) is 4.61. The molecule has 3 heteroatoms. The van der Waals surface area contributed by atoms with Gasteiger partial charge in [-0.1, -0.05) is 32.6 Å². The molecule has 2 atom stereocenters. The molecular formula is C17H31NOS. The van der Waals surface area contributed by atoms with Gasteiger partial charge in [0.2, 0.25) is 0 Å². The molecule has 2 aliphatic heterocycles. The zero-order chi connectivity index (χ0) is 13.8. The van der Waals surface area contributed by atoms with Gasteiger partial charge in [0.15, 0.2) is 0 Å². The van der Waals surface area contributed by atoms with E-state index in [9.17, 15) is 0 Å². The van der Waals surface area contributed by atoms with E-state index in [1.807, 2.05) is 0 Å². The first-order chi connectivity index (χ1) is 9.76. The molecule has 2 nitrogen and oxygen atoms in total. The van der Waals surface area contributed by atoms with Crippen molar-refractivity contribution in [1.29, 1.82) is 0 Å². The maximum absolute atomic E-state index is 6.10. The lowest BCUT2D eigenvalue weighted by Crippen LogP contribution is -2.47. The molecule has 3 rings (SSSR count). The van der Waals surface area contributed by atoms with Gasteiger partial charge in [-0.25, -0.2) is 0 Å². The SMILES string of the molecule is CC1CCC(CCNC2CCOC3(CCSC3)C2)CC1. The molecule has 1 aliphatic carbocycles. The highest BCUT2D eigenvalue weighted by Gasteiger charge is 2.40. The van der Waals surface area contributed by atoms with Crippen LogP contribution in [0.2, 0.25) is 0 Å². The monoisotopic (exact) mass is 297 g/mol. The maximum atomic E-state index is 6.10. The minimum Gasteiger partial charge on any atom is -0.374 e. The van der Waals surface area contributed by atoms with Crippen molar-refractivity contribution in [2.75, 3.05) is 24.7 Å². The Bertz CT molecular complexity index is 295. The lowest BCUT2D eigenvalue weighted by Gasteiger charge is -2.38. The number of nitrogens with one attached hydrogen (secondary N) is 1. The highest BCUT2D eigenvalue weighted by molar-refractivity contribution is 7.99. The summed E-state index contributed by atoms with van der Waals surface area (Å²) in [5, 5.41) is 3.84. The van der Waals surface area contributed by atoms with E-state index in [0.717, 1.165) is 18.4 Å². The number of thioether (sulfide) groups is 1. The van der Waals surface area contributed by atoms with Gasteiger partial charge in [-0.3, -0.25) is 0 Å². The Kier molecular flexibility index (Phi) is 5.33. The molecule has 1 saturated carbocycles. The molecule has 0 aromatic carbocycles. The molecular weight excluding hydrogens is 266 g/mol. The van der Waals surface area contributed by atoms with E-state index in [1.54, 1.807) is 0 Å². The van der Waals surface area contributed by atoms with Crippen LogP contribution >= 0.6 is 11.8 Å². The molecule has 3 fully saturated rings. The normalized spacial score (nSPS) is 42.1. The van der Waals surface area contributed by atoms with Gasteiger partial charge in [0.25, 0.3) is 0 Å². The Labute approximate surface area is 128 Å². The van der Waals surface area contributed by atoms with Crippen LogP contribution < -0.4 is 5.32 Å². The maximum Gasteiger partial charge on any atom is 0.0795 e. The van der Waals surface area contributed by atoms with Gasteiger partial charge in [0.05, 0.1) is 5.60 Å². The summed E-state index contributed by atoms with van der Waals surface area (Å²) in [7, 11) is 0. The van der Waals surface area contributed by atoms with Crippen LogP contribution in [0.4, 0.5) is 0 Å². The Morgan fingerprint density at radius 3 is 2.80 bits per heavy atom. The van der Waals surface area contributed by atoms with Crippen molar-refractivity contribution in [2.45, 2.75) is 69.9 Å². The summed E-state index contributed by atoms with van der Waals surface area (Å²) in [4.78, 5) is 0. The smallest absolute Gasteiger partial charge is 0.0795 e. The van der Waals surface area contributed by atoms with Crippen molar-refractivity contribution in [3.8, 4) is 0 Å². The fourth-order valence-electron chi connectivity index (χ4n) is 4.17. The van der Waals surface area contributed by atoms with E-state index < -0.39 is 0 Å². The predicted octanol–water partition coefficient (Wildman–Crippen LogP) is 3.85. The molecule has 2 unspecified atom stereocenters. The third kappa shape index (κ3) is 3.92. The van der Waals surface area contributed by atoms with Crippen LogP contribution in [0.15, 0.2) is 0 Å². The Morgan fingerprint density at radius 2 is 2.05 bits per heavy atom. The van der Waals surface area contributed by atoms with Crippen LogP contribution in [0.3, 0.4) is 0 Å². The summed E-state index contributed by atoms with van der Waals surface area (Å²) in [6.07, 6.45) is 11.0. The van der Waals surface area contributed by atoms with Crippen molar-refractivity contribution in [3.05, 3.63) is 0 Å². The number of rotatable bonds is 4. The molecule has 0 radical (unpaired) electrons. The summed E-state index contributed by atoms with van der Waals surface area (Å²) in [5.74, 6) is 4.50. The second-order valence-electron chi connectivity index (χ2n) is 7.39. The van der Waals surface area contributed by atoms with Gasteiger partial charge in [0, 0.05) is 18.4 Å². The Hall–Kier alpha value is 0.270. The van der Waals surface area contributed by atoms with Crippen molar-refractivity contribution >= 4 is 11.8 Å². The Balaban J connectivity index is 1.36. The fourth-order valence-corrected chi connectivity index (χ4v) is 5.55. The number of hydrogen-bond acceptors (Lipinski definition) is 3. The molecule has 3 aliphatic rings. The average molecular weight is 298 g/mol. The van der Waals surface area contributed by atoms with Crippen LogP contribution in [-0.2, 0) is 4.74 Å². The topological polar surface area (TPSA) is 21.3 Å². The first-order valence-electron chi connectivity index (χ1n) is 8.71. The molecule has 0 bridgehead atoms. The highest BCUT2D eigenvalue weighted by atomic mass is 32.2. The molecule has 0 aromatic heterocycles. The van der Waals surface area contributed by atoms with Gasteiger partial charge < -0.3 is 10.1 Å². The number of hydrogen-bond donors (Lipinski definition) is 1. The van der Waals surface area contributed by atoms with Crippen LogP contribution in [0.5, 0.6) is 0 Å². The van der Waals surface area contributed by atoms with Gasteiger partial charge in [-0.05, 0) is 49.8 Å². The molecule has 1 N–H and O–H groups in total. The first-order valence-corrected chi connectivity index (χ1v) is 9.86. The van der Waals surface area contributed by atoms with Crippen LogP contribution in [0.1, 0.15) is 58.3 Å². The highest BCUT2D eigenvalue weighted by Crippen LogP contribution is 2.38. The van der Waals surface area contributed by atoms with Crippen molar-refractivity contribution in [1.82, 2.24) is 5.32 Å². The van der Waals surface area contributed by atoms with E-state index in [1.165, 1.54) is 69.4 Å². The average Bonchev–Trinajstić information content (AvgIpc) is 2.89. The van der Waals surface area contributed by atoms with Crippen LogP contribution in [-0.4, -0.2) is 36.3 Å². The zero-order valence-corrected chi connectivity index (χ0v) is 13.9. The third-order valence-corrected chi connectivity index (χ3v) is 6.90. The molecule has 2 heterocycles. The van der Waals surface area contributed by atoms with Crippen LogP contribution in [0.25, 0.3) is 0 Å². The van der Waals surface area contributed by atoms with Crippen LogP contribution in [0, 0.1) is 11.8 Å². The van der Waals surface area contributed by atoms with E-state index >= 15 is 0 Å². The first kappa shape index (κ1) is 15.2. The molecule has 0 amide bonds. The second-order valence-corrected chi connectivity index (χ2v) is 8.50. The van der Waals surface area contributed by atoms with E-state index in [2.05, 4.69) is 24.0 Å². The summed E-state index contributed by atoms with van der Waals surface area (Å²) < 4.78 is 6.10. The van der Waals surface area contributed by atoms with Gasteiger partial charge in [-0.2, -0.15) is 11.8 Å². The van der Waals surface area contributed by atoms with E-state index in [-0.39, 0.29) is 5.60 Å². The summed E-state index contributed by atoms with van der Waals surface area (Å²) in [5.41, 5.74) is 0.237. The molecule has 1 spiro atoms. The van der Waals surface area contributed by atoms with Gasteiger partial charge in [-0.15, -0.1) is 0 Å². The zero-order valence-electron chi connectivity index (χ0n) is 13.0. The molecule has 0 aromatic rings. The summed E-state index contributed by atoms with van der Waals surface area (Å²) in [6, 6.07) is 0.713. The predicted molar refractivity (Wildman–Crippen MR) is 87.4 cm³/mol. The fraction of sp³-hybridized carbons (Fsp3) is 1.00. The third-order valence-electron chi connectivity index (χ3n) is 5.68. The quantitative estimate of drug-likeness (QED) is 0.851. The largest absolute Gasteiger partial charge is 0.374 e. The second kappa shape index (κ2) is 7.02. The van der Waals surface area contributed by atoms with Crippen molar-refractivity contribution < 1.29 is 4.74 Å². The van der Waals surface area contributed by atoms with Gasteiger partial charge in [0.1, 0.15) is 0 Å². The number of ether oxygens (including phenoxy) is 1. The van der Waals surface area contributed by atoms with Crippen molar-refractivity contribution in [3.63, 3.8) is 0 Å². The lowest BCUT2D eigenvalue weighted by atomic mass is 9.81. The lowest BCUT2D eigenvalue weighted by molar-refractivity contribution is -0.0701. The minimum atomic E-state index is 0.237. The van der Waals surface area contributed by atoms with Crippen molar-refractivity contribution in [2.24, 2.45) is 11.8 Å². The molecule has 2 saturated heterocycles. The van der Waals surface area contributed by atoms with E-state index in [4.69, 9.17) is 4.74 Å². The summed E-state index contributed by atoms with van der Waals surface area (Å²) >= 11 is 2.08. The van der Waals surface area contributed by atoms with Gasteiger partial charge >= 0.3 is 0 Å². The molecule has 20 heavy (non-hydrogen) atoms.